The van der Waals surface area contributed by atoms with Gasteiger partial charge in [-0.3, -0.25) is 9.59 Å². The molecule has 0 bridgehead atoms. The van der Waals surface area contributed by atoms with E-state index in [-0.39, 0.29) is 11.0 Å². The lowest BCUT2D eigenvalue weighted by Gasteiger charge is -2.03. The summed E-state index contributed by atoms with van der Waals surface area (Å²) in [5, 5.41) is 0.748. The van der Waals surface area contributed by atoms with Gasteiger partial charge in [0.05, 0.1) is 16.0 Å². The van der Waals surface area contributed by atoms with Gasteiger partial charge in [-0.1, -0.05) is 18.5 Å². The van der Waals surface area contributed by atoms with Crippen molar-refractivity contribution in [3.05, 3.63) is 44.8 Å². The first kappa shape index (κ1) is 10.9. The summed E-state index contributed by atoms with van der Waals surface area (Å²) in [6, 6.07) is 3.47. The molecule has 0 atom stereocenters. The fourth-order valence-corrected chi connectivity index (χ4v) is 1.84. The zero-order valence-corrected chi connectivity index (χ0v) is 9.38. The number of rotatable bonds is 2. The highest BCUT2D eigenvalue weighted by atomic mass is 35.5. The van der Waals surface area contributed by atoms with Crippen molar-refractivity contribution in [2.75, 3.05) is 0 Å². The average molecular weight is 237 g/mol. The molecule has 3 nitrogen and oxygen atoms in total. The van der Waals surface area contributed by atoms with E-state index in [0.29, 0.717) is 22.3 Å². The summed E-state index contributed by atoms with van der Waals surface area (Å²) in [5.41, 5.74) is 0.938. The highest BCUT2D eigenvalue weighted by Crippen LogP contribution is 2.23. The van der Waals surface area contributed by atoms with Gasteiger partial charge < -0.3 is 4.42 Å². The molecular formula is C12H9ClO3. The lowest BCUT2D eigenvalue weighted by molar-refractivity contribution is 0.112. The maximum Gasteiger partial charge on any atom is 0.203 e. The van der Waals surface area contributed by atoms with Crippen LogP contribution in [-0.2, 0) is 6.42 Å². The van der Waals surface area contributed by atoms with Crippen molar-refractivity contribution in [1.29, 1.82) is 0 Å². The minimum absolute atomic E-state index is 0.0109. The number of fused-ring (bicyclic) bond motifs is 1. The van der Waals surface area contributed by atoms with Gasteiger partial charge >= 0.3 is 0 Å². The standard InChI is InChI=1S/C12H9ClO3/c1-2-7-3-9-11(15)8(5-14)6-16-12(9)10(13)4-7/h3-6H,2H2,1H3. The van der Waals surface area contributed by atoms with E-state index >= 15 is 0 Å². The maximum absolute atomic E-state index is 11.8. The van der Waals surface area contributed by atoms with Crippen LogP contribution in [0.3, 0.4) is 0 Å². The molecule has 0 aliphatic rings. The van der Waals surface area contributed by atoms with Crippen LogP contribution in [0.2, 0.25) is 5.02 Å². The van der Waals surface area contributed by atoms with Gasteiger partial charge in [0.15, 0.2) is 11.9 Å². The normalized spacial score (nSPS) is 10.6. The number of aryl methyl sites for hydroxylation is 1. The Bertz CT molecular complexity index is 613. The Balaban J connectivity index is 2.91. The second-order valence-electron chi connectivity index (χ2n) is 3.45. The van der Waals surface area contributed by atoms with Crippen LogP contribution in [0.5, 0.6) is 0 Å². The first-order valence-corrected chi connectivity index (χ1v) is 5.24. The molecule has 0 amide bonds. The number of aldehydes is 1. The summed E-state index contributed by atoms with van der Waals surface area (Å²) in [6.45, 7) is 1.96. The first-order chi connectivity index (χ1) is 7.67. The van der Waals surface area contributed by atoms with Crippen molar-refractivity contribution < 1.29 is 9.21 Å². The van der Waals surface area contributed by atoms with Crippen molar-refractivity contribution >= 4 is 28.9 Å². The molecular weight excluding hydrogens is 228 g/mol. The zero-order chi connectivity index (χ0) is 11.7. The molecule has 0 saturated carbocycles. The molecule has 4 heteroatoms. The van der Waals surface area contributed by atoms with Crippen molar-refractivity contribution in [2.24, 2.45) is 0 Å². The second-order valence-corrected chi connectivity index (χ2v) is 3.85. The zero-order valence-electron chi connectivity index (χ0n) is 8.62. The van der Waals surface area contributed by atoms with Crippen molar-refractivity contribution in [3.63, 3.8) is 0 Å². The summed E-state index contributed by atoms with van der Waals surface area (Å²) in [7, 11) is 0. The predicted octanol–water partition coefficient (Wildman–Crippen LogP) is 2.82. The SMILES string of the molecule is CCc1cc(Cl)c2occ(C=O)c(=O)c2c1. The van der Waals surface area contributed by atoms with Crippen LogP contribution in [0.4, 0.5) is 0 Å². The largest absolute Gasteiger partial charge is 0.462 e. The molecule has 1 aromatic carbocycles. The Morgan fingerprint density at radius 1 is 1.44 bits per heavy atom. The van der Waals surface area contributed by atoms with Gasteiger partial charge in [-0.25, -0.2) is 0 Å². The van der Waals surface area contributed by atoms with Crippen molar-refractivity contribution in [2.45, 2.75) is 13.3 Å². The van der Waals surface area contributed by atoms with Gasteiger partial charge in [0.25, 0.3) is 0 Å². The molecule has 1 heterocycles. The molecule has 1 aromatic heterocycles. The fourth-order valence-electron chi connectivity index (χ4n) is 1.55. The van der Waals surface area contributed by atoms with E-state index in [1.807, 2.05) is 6.92 Å². The molecule has 0 aliphatic heterocycles. The Morgan fingerprint density at radius 3 is 2.81 bits per heavy atom. The topological polar surface area (TPSA) is 47.3 Å². The quantitative estimate of drug-likeness (QED) is 0.754. The highest BCUT2D eigenvalue weighted by Gasteiger charge is 2.10. The monoisotopic (exact) mass is 236 g/mol. The Labute approximate surface area is 96.6 Å². The van der Waals surface area contributed by atoms with Gasteiger partial charge in [-0.15, -0.1) is 0 Å². The maximum atomic E-state index is 11.8. The van der Waals surface area contributed by atoms with Crippen LogP contribution in [-0.4, -0.2) is 6.29 Å². The third kappa shape index (κ3) is 1.63. The van der Waals surface area contributed by atoms with Gasteiger partial charge in [0.1, 0.15) is 6.26 Å². The Kier molecular flexibility index (Phi) is 2.79. The van der Waals surface area contributed by atoms with E-state index in [4.69, 9.17) is 16.0 Å². The van der Waals surface area contributed by atoms with Crippen LogP contribution >= 0.6 is 11.6 Å². The van der Waals surface area contributed by atoms with Gasteiger partial charge in [0.2, 0.25) is 5.43 Å². The van der Waals surface area contributed by atoms with Crippen molar-refractivity contribution in [1.82, 2.24) is 0 Å². The minimum atomic E-state index is -0.339. The molecule has 0 saturated heterocycles. The summed E-state index contributed by atoms with van der Waals surface area (Å²) in [6.07, 6.45) is 2.38. The summed E-state index contributed by atoms with van der Waals surface area (Å²) in [4.78, 5) is 22.4. The van der Waals surface area contributed by atoms with Crippen LogP contribution in [0.1, 0.15) is 22.8 Å². The van der Waals surface area contributed by atoms with Gasteiger partial charge in [-0.2, -0.15) is 0 Å². The number of halogens is 1. The Morgan fingerprint density at radius 2 is 2.19 bits per heavy atom. The fraction of sp³-hybridized carbons (Fsp3) is 0.167. The molecule has 0 radical (unpaired) electrons. The number of hydrogen-bond donors (Lipinski definition) is 0. The average Bonchev–Trinajstić information content (AvgIpc) is 2.30. The van der Waals surface area contributed by atoms with Crippen molar-refractivity contribution in [3.8, 4) is 0 Å². The molecule has 2 rings (SSSR count). The highest BCUT2D eigenvalue weighted by molar-refractivity contribution is 6.34. The van der Waals surface area contributed by atoms with Crippen LogP contribution in [0.25, 0.3) is 11.0 Å². The van der Waals surface area contributed by atoms with Gasteiger partial charge in [0, 0.05) is 0 Å². The molecule has 0 fully saturated rings. The molecule has 2 aromatic rings. The number of carbonyl (C=O) groups is 1. The molecule has 0 N–H and O–H groups in total. The van der Waals surface area contributed by atoms with E-state index in [1.54, 1.807) is 12.1 Å². The third-order valence-electron chi connectivity index (χ3n) is 2.45. The van der Waals surface area contributed by atoms with E-state index in [9.17, 15) is 9.59 Å². The lowest BCUT2D eigenvalue weighted by atomic mass is 10.1. The summed E-state index contributed by atoms with van der Waals surface area (Å²) in [5.74, 6) is 0. The van der Waals surface area contributed by atoms with Gasteiger partial charge in [-0.05, 0) is 24.1 Å². The number of benzene rings is 1. The first-order valence-electron chi connectivity index (χ1n) is 4.86. The third-order valence-corrected chi connectivity index (χ3v) is 2.73. The summed E-state index contributed by atoms with van der Waals surface area (Å²) < 4.78 is 5.18. The molecule has 0 aliphatic carbocycles. The van der Waals surface area contributed by atoms with Crippen LogP contribution < -0.4 is 5.43 Å². The molecule has 0 unspecified atom stereocenters. The van der Waals surface area contributed by atoms with Crippen LogP contribution in [0, 0.1) is 0 Å². The minimum Gasteiger partial charge on any atom is -0.462 e. The molecule has 0 spiro atoms. The summed E-state index contributed by atoms with van der Waals surface area (Å²) >= 11 is 5.99. The van der Waals surface area contributed by atoms with E-state index in [2.05, 4.69) is 0 Å². The smallest absolute Gasteiger partial charge is 0.203 e. The Hall–Kier alpha value is -1.61. The van der Waals surface area contributed by atoms with Crippen LogP contribution in [0.15, 0.2) is 27.6 Å². The lowest BCUT2D eigenvalue weighted by Crippen LogP contribution is -2.08. The predicted molar refractivity (Wildman–Crippen MR) is 62.3 cm³/mol. The van der Waals surface area contributed by atoms with E-state index in [0.717, 1.165) is 18.2 Å². The number of carbonyl (C=O) groups excluding carboxylic acids is 1. The van der Waals surface area contributed by atoms with E-state index < -0.39 is 0 Å². The molecule has 82 valence electrons. The van der Waals surface area contributed by atoms with E-state index in [1.165, 1.54) is 0 Å². The second kappa shape index (κ2) is 4.10. The molecule has 16 heavy (non-hydrogen) atoms. The number of hydrogen-bond acceptors (Lipinski definition) is 3.